The van der Waals surface area contributed by atoms with Crippen molar-refractivity contribution >= 4 is 21.7 Å². The normalized spacial score (nSPS) is 33.7. The molecule has 1 aliphatic heterocycles. The summed E-state index contributed by atoms with van der Waals surface area (Å²) < 4.78 is 23.4. The first-order valence-electron chi connectivity index (χ1n) is 12.1. The molecule has 1 N–H and O–H groups in total. The molecule has 176 valence electrons. The fourth-order valence-electron chi connectivity index (χ4n) is 6.19. The molecule has 2 amide bonds. The van der Waals surface area contributed by atoms with E-state index < -0.39 is 15.4 Å². The summed E-state index contributed by atoms with van der Waals surface area (Å²) >= 11 is 0. The zero-order valence-corrected chi connectivity index (χ0v) is 19.6. The van der Waals surface area contributed by atoms with E-state index in [2.05, 4.69) is 0 Å². The number of nitrogens with zero attached hydrogens (tertiary/aromatic N) is 2. The van der Waals surface area contributed by atoms with E-state index in [0.29, 0.717) is 62.5 Å². The Morgan fingerprint density at radius 1 is 0.903 bits per heavy atom. The summed E-state index contributed by atoms with van der Waals surface area (Å²) in [6.07, 6.45) is 10.8. The van der Waals surface area contributed by atoms with Crippen molar-refractivity contribution in [2.75, 3.05) is 38.2 Å². The fourth-order valence-corrected chi connectivity index (χ4v) is 7.35. The first-order chi connectivity index (χ1) is 14.6. The number of amides is 2. The van der Waals surface area contributed by atoms with Crippen LogP contribution in [0.25, 0.3) is 0 Å². The van der Waals surface area contributed by atoms with E-state index >= 15 is 0 Å². The predicted molar refractivity (Wildman–Crippen MR) is 118 cm³/mol. The molecule has 4 aliphatic rings. The quantitative estimate of drug-likeness (QED) is 0.684. The monoisotopic (exact) mass is 454 g/mol. The van der Waals surface area contributed by atoms with E-state index in [1.54, 1.807) is 4.90 Å². The van der Waals surface area contributed by atoms with Crippen LogP contribution in [0.3, 0.4) is 0 Å². The van der Waals surface area contributed by atoms with E-state index in [-0.39, 0.29) is 17.7 Å². The maximum absolute atomic E-state index is 13.0. The molecule has 7 nitrogen and oxygen atoms in total. The highest BCUT2D eigenvalue weighted by Gasteiger charge is 2.50. The van der Waals surface area contributed by atoms with Crippen LogP contribution in [-0.2, 0) is 19.4 Å². The molecule has 0 spiro atoms. The molecule has 1 heterocycles. The van der Waals surface area contributed by atoms with Crippen molar-refractivity contribution in [1.29, 1.82) is 0 Å². The van der Waals surface area contributed by atoms with Crippen LogP contribution in [0, 0.1) is 23.7 Å². The number of hydrogen-bond donors (Lipinski definition) is 1. The summed E-state index contributed by atoms with van der Waals surface area (Å²) in [4.78, 5) is 28.9. The zero-order chi connectivity index (χ0) is 22.2. The highest BCUT2D eigenvalue weighted by molar-refractivity contribution is 7.90. The molecule has 4 rings (SSSR count). The van der Waals surface area contributed by atoms with Gasteiger partial charge in [0.05, 0.1) is 5.75 Å². The van der Waals surface area contributed by atoms with Gasteiger partial charge in [-0.1, -0.05) is 12.8 Å². The first kappa shape index (κ1) is 23.0. The summed E-state index contributed by atoms with van der Waals surface area (Å²) in [5.41, 5.74) is -1.12. The Bertz CT molecular complexity index is 778. The van der Waals surface area contributed by atoms with E-state index in [4.69, 9.17) is 0 Å². The van der Waals surface area contributed by atoms with Crippen LogP contribution in [0.1, 0.15) is 64.2 Å². The standard InChI is InChI=1S/C23H38N2O5S/c1-31(29,30)16-17-3-2-4-20(15-17)18-5-7-19(8-6-18)21(26)24-11-13-25(14-12-24)22(27)23(28)9-10-23/h17-20,28H,2-16H2,1H3. The third-order valence-corrected chi connectivity index (χ3v) is 9.23. The second-order valence-corrected chi connectivity index (χ2v) is 12.8. The lowest BCUT2D eigenvalue weighted by Gasteiger charge is -2.40. The van der Waals surface area contributed by atoms with Crippen LogP contribution in [0.5, 0.6) is 0 Å². The Morgan fingerprint density at radius 2 is 1.52 bits per heavy atom. The number of rotatable bonds is 5. The average Bonchev–Trinajstić information content (AvgIpc) is 3.50. The third-order valence-electron chi connectivity index (χ3n) is 8.15. The molecule has 0 aromatic heterocycles. The highest BCUT2D eigenvalue weighted by Crippen LogP contribution is 2.42. The number of piperazine rings is 1. The summed E-state index contributed by atoms with van der Waals surface area (Å²) in [5, 5.41) is 10.0. The second kappa shape index (κ2) is 9.00. The van der Waals surface area contributed by atoms with Gasteiger partial charge >= 0.3 is 0 Å². The van der Waals surface area contributed by atoms with Gasteiger partial charge in [0.2, 0.25) is 5.91 Å². The third kappa shape index (κ3) is 5.62. The molecule has 0 radical (unpaired) electrons. The van der Waals surface area contributed by atoms with Crippen LogP contribution >= 0.6 is 0 Å². The van der Waals surface area contributed by atoms with Gasteiger partial charge in [0, 0.05) is 38.4 Å². The molecule has 0 bridgehead atoms. The number of hydrogen-bond acceptors (Lipinski definition) is 5. The van der Waals surface area contributed by atoms with E-state index in [0.717, 1.165) is 44.9 Å². The molecule has 2 atom stereocenters. The minimum absolute atomic E-state index is 0.0847. The largest absolute Gasteiger partial charge is 0.380 e. The molecule has 2 unspecified atom stereocenters. The lowest BCUT2D eigenvalue weighted by molar-refractivity contribution is -0.148. The van der Waals surface area contributed by atoms with Gasteiger partial charge < -0.3 is 14.9 Å². The van der Waals surface area contributed by atoms with Gasteiger partial charge in [-0.3, -0.25) is 9.59 Å². The van der Waals surface area contributed by atoms with Crippen molar-refractivity contribution in [2.45, 2.75) is 69.8 Å². The number of sulfone groups is 1. The Hall–Kier alpha value is -1.15. The molecule has 0 aromatic carbocycles. The Kier molecular flexibility index (Phi) is 6.69. The van der Waals surface area contributed by atoms with Gasteiger partial charge in [0.1, 0.15) is 15.4 Å². The van der Waals surface area contributed by atoms with Crippen LogP contribution in [0.2, 0.25) is 0 Å². The minimum Gasteiger partial charge on any atom is -0.380 e. The van der Waals surface area contributed by atoms with Crippen molar-refractivity contribution in [3.05, 3.63) is 0 Å². The van der Waals surface area contributed by atoms with E-state index in [1.807, 2.05) is 4.90 Å². The molecule has 8 heteroatoms. The lowest BCUT2D eigenvalue weighted by atomic mass is 9.69. The van der Waals surface area contributed by atoms with Crippen LogP contribution < -0.4 is 0 Å². The van der Waals surface area contributed by atoms with E-state index in [1.165, 1.54) is 12.7 Å². The zero-order valence-electron chi connectivity index (χ0n) is 18.8. The van der Waals surface area contributed by atoms with Gasteiger partial charge in [-0.15, -0.1) is 0 Å². The second-order valence-electron chi connectivity index (χ2n) is 10.6. The topological polar surface area (TPSA) is 95.0 Å². The molecular formula is C23H38N2O5S. The predicted octanol–water partition coefficient (Wildman–Crippen LogP) is 1.84. The molecule has 3 saturated carbocycles. The maximum atomic E-state index is 13.0. The summed E-state index contributed by atoms with van der Waals surface area (Å²) in [7, 11) is -2.91. The Labute approximate surface area is 186 Å². The van der Waals surface area contributed by atoms with Crippen molar-refractivity contribution in [3.63, 3.8) is 0 Å². The molecular weight excluding hydrogens is 416 g/mol. The average molecular weight is 455 g/mol. The summed E-state index contributed by atoms with van der Waals surface area (Å²) in [5.74, 6) is 2.02. The van der Waals surface area contributed by atoms with Gasteiger partial charge in [-0.25, -0.2) is 8.42 Å². The number of aliphatic hydroxyl groups is 1. The smallest absolute Gasteiger partial charge is 0.254 e. The first-order valence-corrected chi connectivity index (χ1v) is 14.2. The van der Waals surface area contributed by atoms with Crippen molar-refractivity contribution in [2.24, 2.45) is 23.7 Å². The van der Waals surface area contributed by atoms with Crippen LogP contribution in [-0.4, -0.2) is 78.9 Å². The SMILES string of the molecule is CS(=O)(=O)CC1CCCC(C2CCC(C(=O)N3CCN(C(=O)C4(O)CC4)CC3)CC2)C1. The molecule has 31 heavy (non-hydrogen) atoms. The van der Waals surface area contributed by atoms with Gasteiger partial charge in [-0.05, 0) is 69.1 Å². The molecule has 1 saturated heterocycles. The van der Waals surface area contributed by atoms with E-state index in [9.17, 15) is 23.1 Å². The van der Waals surface area contributed by atoms with Crippen LogP contribution in [0.4, 0.5) is 0 Å². The van der Waals surface area contributed by atoms with Crippen LogP contribution in [0.15, 0.2) is 0 Å². The van der Waals surface area contributed by atoms with Gasteiger partial charge in [0.25, 0.3) is 5.91 Å². The van der Waals surface area contributed by atoms with Crippen molar-refractivity contribution < 1.29 is 23.1 Å². The highest BCUT2D eigenvalue weighted by atomic mass is 32.2. The van der Waals surface area contributed by atoms with Crippen molar-refractivity contribution in [3.8, 4) is 0 Å². The van der Waals surface area contributed by atoms with Crippen molar-refractivity contribution in [1.82, 2.24) is 9.80 Å². The fraction of sp³-hybridized carbons (Fsp3) is 0.913. The summed E-state index contributed by atoms with van der Waals surface area (Å²) in [6.45, 7) is 2.17. The minimum atomic E-state index is -2.91. The van der Waals surface area contributed by atoms with Gasteiger partial charge in [-0.2, -0.15) is 0 Å². The maximum Gasteiger partial charge on any atom is 0.254 e. The number of carbonyl (C=O) groups is 2. The summed E-state index contributed by atoms with van der Waals surface area (Å²) in [6, 6.07) is 0. The molecule has 0 aromatic rings. The Balaban J connectivity index is 1.22. The lowest BCUT2D eigenvalue weighted by Crippen LogP contribution is -2.54. The molecule has 3 aliphatic carbocycles. The van der Waals surface area contributed by atoms with Gasteiger partial charge in [0.15, 0.2) is 0 Å². The Morgan fingerprint density at radius 3 is 2.10 bits per heavy atom. The molecule has 4 fully saturated rings. The number of carbonyl (C=O) groups excluding carboxylic acids is 2.